The van der Waals surface area contributed by atoms with Gasteiger partial charge in [0.2, 0.25) is 0 Å². The first-order valence-electron chi connectivity index (χ1n) is 9.25. The van der Waals surface area contributed by atoms with Crippen molar-refractivity contribution in [2.45, 2.75) is 11.5 Å². The predicted molar refractivity (Wildman–Crippen MR) is 96.5 cm³/mol. The summed E-state index contributed by atoms with van der Waals surface area (Å²) in [6, 6.07) is 10.7. The van der Waals surface area contributed by atoms with Gasteiger partial charge in [-0.3, -0.25) is 0 Å². The number of benzene rings is 1. The molecule has 4 fully saturated rings. The zero-order valence-electron chi connectivity index (χ0n) is 14.9. The Bertz CT molecular complexity index is 607. The Morgan fingerprint density at radius 2 is 1.88 bits per heavy atom. The minimum absolute atomic E-state index is 0.0105. The molecule has 2 amide bonds. The van der Waals surface area contributed by atoms with Gasteiger partial charge in [0, 0.05) is 70.2 Å². The molecule has 1 aromatic carbocycles. The van der Waals surface area contributed by atoms with E-state index in [9.17, 15) is 4.79 Å². The van der Waals surface area contributed by atoms with Crippen molar-refractivity contribution in [3.05, 3.63) is 35.9 Å². The number of amides is 2. The molecule has 2 N–H and O–H groups in total. The van der Waals surface area contributed by atoms with E-state index in [1.54, 1.807) is 11.9 Å². The van der Waals surface area contributed by atoms with Crippen molar-refractivity contribution in [1.82, 2.24) is 20.0 Å². The quantitative estimate of drug-likeness (QED) is 0.819. The smallest absolute Gasteiger partial charge is 0.317 e. The summed E-state index contributed by atoms with van der Waals surface area (Å²) < 4.78 is 0. The van der Waals surface area contributed by atoms with E-state index in [1.165, 1.54) is 5.56 Å². The molecule has 1 aromatic rings. The molecule has 3 unspecified atom stereocenters. The molecule has 25 heavy (non-hydrogen) atoms. The van der Waals surface area contributed by atoms with Gasteiger partial charge in [-0.15, -0.1) is 0 Å². The number of carbonyl (C=O) groups is 1. The molecule has 0 saturated carbocycles. The minimum Gasteiger partial charge on any atom is -0.395 e. The molecule has 4 heterocycles. The zero-order valence-corrected chi connectivity index (χ0v) is 14.9. The van der Waals surface area contributed by atoms with E-state index >= 15 is 0 Å². The summed E-state index contributed by atoms with van der Waals surface area (Å²) in [5.41, 5.74) is 1.26. The van der Waals surface area contributed by atoms with Crippen LogP contribution in [0, 0.1) is 5.92 Å². The van der Waals surface area contributed by atoms with E-state index in [2.05, 4.69) is 45.4 Å². The molecule has 0 aliphatic carbocycles. The van der Waals surface area contributed by atoms with Crippen LogP contribution in [0.2, 0.25) is 0 Å². The number of carbonyl (C=O) groups excluding carboxylic acids is 1. The molecule has 136 valence electrons. The fraction of sp³-hybridized carbons (Fsp3) is 0.632. The lowest BCUT2D eigenvalue weighted by atomic mass is 9.64. The summed E-state index contributed by atoms with van der Waals surface area (Å²) >= 11 is 0. The lowest BCUT2D eigenvalue weighted by Crippen LogP contribution is -2.71. The van der Waals surface area contributed by atoms with Gasteiger partial charge in [-0.25, -0.2) is 4.79 Å². The molecule has 6 nitrogen and oxygen atoms in total. The Hall–Kier alpha value is -1.63. The van der Waals surface area contributed by atoms with Crippen molar-refractivity contribution >= 4 is 6.03 Å². The predicted octanol–water partition coefficient (Wildman–Crippen LogP) is 0.188. The van der Waals surface area contributed by atoms with Crippen LogP contribution in [0.3, 0.4) is 0 Å². The van der Waals surface area contributed by atoms with Gasteiger partial charge in [0.15, 0.2) is 0 Å². The maximum absolute atomic E-state index is 12.7. The fourth-order valence-corrected chi connectivity index (χ4v) is 5.06. The summed E-state index contributed by atoms with van der Waals surface area (Å²) in [5, 5.41) is 12.5. The molecule has 5 rings (SSSR count). The van der Waals surface area contributed by atoms with Crippen LogP contribution in [0.25, 0.3) is 0 Å². The molecule has 6 heteroatoms. The Balaban J connectivity index is 1.68. The number of likely N-dealkylation sites (N-methyl/N-ethyl adjacent to an activating group) is 1. The van der Waals surface area contributed by atoms with Crippen molar-refractivity contribution in [2.24, 2.45) is 5.92 Å². The third-order valence-corrected chi connectivity index (χ3v) is 6.21. The molecular formula is C19H28N4O2. The van der Waals surface area contributed by atoms with Gasteiger partial charge < -0.3 is 25.1 Å². The van der Waals surface area contributed by atoms with E-state index in [1.807, 2.05) is 0 Å². The third kappa shape index (κ3) is 2.92. The molecule has 4 saturated heterocycles. The summed E-state index contributed by atoms with van der Waals surface area (Å²) in [6.45, 7) is 6.70. The van der Waals surface area contributed by atoms with Crippen LogP contribution in [-0.4, -0.2) is 91.3 Å². The zero-order chi connectivity index (χ0) is 17.4. The number of nitrogens with zero attached hydrogens (tertiary/aromatic N) is 3. The first-order valence-corrected chi connectivity index (χ1v) is 9.25. The first-order chi connectivity index (χ1) is 12.1. The minimum atomic E-state index is -0.0782. The Labute approximate surface area is 149 Å². The van der Waals surface area contributed by atoms with Gasteiger partial charge in [-0.2, -0.15) is 0 Å². The van der Waals surface area contributed by atoms with Crippen molar-refractivity contribution in [1.29, 1.82) is 0 Å². The molecule has 4 bridgehead atoms. The van der Waals surface area contributed by atoms with E-state index in [4.69, 9.17) is 5.11 Å². The van der Waals surface area contributed by atoms with Crippen LogP contribution in [0.15, 0.2) is 30.3 Å². The first kappa shape index (κ1) is 16.8. The number of aliphatic hydroxyl groups excluding tert-OH is 1. The molecule has 4 aliphatic heterocycles. The average Bonchev–Trinajstić information content (AvgIpc) is 2.87. The van der Waals surface area contributed by atoms with Crippen molar-refractivity contribution in [3.8, 4) is 0 Å². The highest BCUT2D eigenvalue weighted by Gasteiger charge is 2.55. The van der Waals surface area contributed by atoms with Crippen LogP contribution in [-0.2, 0) is 5.41 Å². The normalized spacial score (nSPS) is 36.1. The Kier molecular flexibility index (Phi) is 4.43. The number of hydrogen-bond acceptors (Lipinski definition) is 4. The molecule has 0 radical (unpaired) electrons. The van der Waals surface area contributed by atoms with E-state index in [0.717, 1.165) is 39.3 Å². The van der Waals surface area contributed by atoms with Gasteiger partial charge in [-0.05, 0) is 5.56 Å². The van der Waals surface area contributed by atoms with Crippen LogP contribution in [0.5, 0.6) is 0 Å². The number of fused-ring (bicyclic) bond motifs is 1. The highest BCUT2D eigenvalue weighted by molar-refractivity contribution is 5.74. The van der Waals surface area contributed by atoms with Crippen LogP contribution in [0.1, 0.15) is 5.56 Å². The third-order valence-electron chi connectivity index (χ3n) is 6.21. The molecule has 0 spiro atoms. The number of urea groups is 1. The van der Waals surface area contributed by atoms with Gasteiger partial charge in [0.25, 0.3) is 0 Å². The maximum Gasteiger partial charge on any atom is 0.317 e. The number of aliphatic hydroxyl groups is 1. The van der Waals surface area contributed by atoms with Gasteiger partial charge >= 0.3 is 6.03 Å². The van der Waals surface area contributed by atoms with E-state index < -0.39 is 0 Å². The lowest BCUT2D eigenvalue weighted by Gasteiger charge is -2.56. The SMILES string of the molecule is CN(CCO)C(=O)NC1C2CN3CCN(C2)CC1(c1ccccc1)C3. The van der Waals surface area contributed by atoms with Gasteiger partial charge in [0.05, 0.1) is 6.61 Å². The molecule has 0 aromatic heterocycles. The van der Waals surface area contributed by atoms with Crippen LogP contribution in [0.4, 0.5) is 4.79 Å². The number of piperidine rings is 2. The standard InChI is InChI=1S/C19H28N4O2/c1-21(9-10-24)18(25)20-17-15-11-22-7-8-23(12-15)14-19(17,13-22)16-5-3-2-4-6-16/h2-6,15,17,24H,7-14H2,1H3,(H,20,25). The fourth-order valence-electron chi connectivity index (χ4n) is 5.06. The largest absolute Gasteiger partial charge is 0.395 e. The van der Waals surface area contributed by atoms with Gasteiger partial charge in [-0.1, -0.05) is 30.3 Å². The second-order valence-corrected chi connectivity index (χ2v) is 7.82. The summed E-state index contributed by atoms with van der Waals surface area (Å²) in [4.78, 5) is 19.4. The van der Waals surface area contributed by atoms with Crippen molar-refractivity contribution < 1.29 is 9.90 Å². The second-order valence-electron chi connectivity index (χ2n) is 7.82. The summed E-state index contributed by atoms with van der Waals surface area (Å²) in [6.07, 6.45) is 0. The van der Waals surface area contributed by atoms with E-state index in [0.29, 0.717) is 12.5 Å². The second kappa shape index (κ2) is 6.59. The summed E-state index contributed by atoms with van der Waals surface area (Å²) in [7, 11) is 1.75. The molecular weight excluding hydrogens is 316 g/mol. The monoisotopic (exact) mass is 344 g/mol. The van der Waals surface area contributed by atoms with Gasteiger partial charge in [0.1, 0.15) is 0 Å². The highest BCUT2D eigenvalue weighted by atomic mass is 16.3. The number of rotatable bonds is 4. The van der Waals surface area contributed by atoms with Crippen LogP contribution < -0.4 is 5.32 Å². The van der Waals surface area contributed by atoms with E-state index in [-0.39, 0.29) is 24.1 Å². The van der Waals surface area contributed by atoms with Crippen molar-refractivity contribution in [2.75, 3.05) is 59.5 Å². The topological polar surface area (TPSA) is 59.1 Å². The Morgan fingerprint density at radius 1 is 1.24 bits per heavy atom. The number of nitrogens with one attached hydrogen (secondary N) is 1. The lowest BCUT2D eigenvalue weighted by molar-refractivity contribution is 0.0209. The summed E-state index contributed by atoms with van der Waals surface area (Å²) in [5.74, 6) is 0.441. The average molecular weight is 344 g/mol. The molecule has 3 atom stereocenters. The number of hydrogen-bond donors (Lipinski definition) is 2. The van der Waals surface area contributed by atoms with Crippen LogP contribution >= 0.6 is 0 Å². The maximum atomic E-state index is 12.7. The van der Waals surface area contributed by atoms with Crippen molar-refractivity contribution in [3.63, 3.8) is 0 Å². The highest BCUT2D eigenvalue weighted by Crippen LogP contribution is 2.43. The molecule has 4 aliphatic rings. The Morgan fingerprint density at radius 3 is 2.48 bits per heavy atom.